The van der Waals surface area contributed by atoms with E-state index in [1.54, 1.807) is 60.9 Å². The van der Waals surface area contributed by atoms with Crippen LogP contribution in [0.5, 0.6) is 0 Å². The highest BCUT2D eigenvalue weighted by molar-refractivity contribution is 5.96. The van der Waals surface area contributed by atoms with E-state index in [2.05, 4.69) is 9.97 Å². The van der Waals surface area contributed by atoms with Gasteiger partial charge in [-0.2, -0.15) is 0 Å². The Balaban J connectivity index is 1.86. The summed E-state index contributed by atoms with van der Waals surface area (Å²) in [7, 11) is 0. The largest absolute Gasteiger partial charge is 0.332 e. The summed E-state index contributed by atoms with van der Waals surface area (Å²) in [5.74, 6) is -0.220. The van der Waals surface area contributed by atoms with E-state index in [4.69, 9.17) is 0 Å². The maximum Gasteiger partial charge on any atom is 0.332 e. The Labute approximate surface area is 159 Å². The van der Waals surface area contributed by atoms with E-state index < -0.39 is 11.2 Å². The van der Waals surface area contributed by atoms with Crippen molar-refractivity contribution in [1.29, 1.82) is 0 Å². The monoisotopic (exact) mass is 372 g/mol. The molecule has 1 aromatic carbocycles. The predicted octanol–water partition coefficient (Wildman–Crippen LogP) is 1.88. The van der Waals surface area contributed by atoms with E-state index in [1.807, 2.05) is 6.07 Å². The fourth-order valence-corrected chi connectivity index (χ4v) is 3.06. The van der Waals surface area contributed by atoms with E-state index in [-0.39, 0.29) is 24.4 Å². The van der Waals surface area contributed by atoms with Crippen LogP contribution in [0.2, 0.25) is 0 Å². The first-order chi connectivity index (χ1) is 13.6. The van der Waals surface area contributed by atoms with Crippen LogP contribution in [0, 0.1) is 0 Å². The van der Waals surface area contributed by atoms with Gasteiger partial charge in [-0.3, -0.25) is 23.7 Å². The lowest BCUT2D eigenvalue weighted by atomic mass is 10.1. The van der Waals surface area contributed by atoms with Gasteiger partial charge in [-0.05, 0) is 29.8 Å². The molecule has 3 aromatic heterocycles. The maximum absolute atomic E-state index is 13.1. The molecule has 0 saturated heterocycles. The molecular formula is C21H16N4O3. The van der Waals surface area contributed by atoms with Crippen molar-refractivity contribution in [2.75, 3.05) is 0 Å². The molecule has 4 rings (SSSR count). The van der Waals surface area contributed by atoms with Crippen molar-refractivity contribution < 1.29 is 4.79 Å². The summed E-state index contributed by atoms with van der Waals surface area (Å²) in [5, 5.41) is 0. The molecule has 0 aliphatic rings. The first kappa shape index (κ1) is 17.5. The average molecular weight is 372 g/mol. The van der Waals surface area contributed by atoms with Gasteiger partial charge in [0, 0.05) is 24.2 Å². The van der Waals surface area contributed by atoms with Crippen LogP contribution in [0.25, 0.3) is 11.0 Å². The lowest BCUT2D eigenvalue weighted by molar-refractivity contribution is 0.0971. The second-order valence-corrected chi connectivity index (χ2v) is 6.28. The number of carbonyl (C=O) groups is 1. The molecule has 138 valence electrons. The highest BCUT2D eigenvalue weighted by atomic mass is 16.2. The minimum absolute atomic E-state index is 0.0756. The summed E-state index contributed by atoms with van der Waals surface area (Å²) >= 11 is 0. The number of ketones is 1. The highest BCUT2D eigenvalue weighted by Crippen LogP contribution is 2.08. The molecule has 0 unspecified atom stereocenters. The van der Waals surface area contributed by atoms with E-state index >= 15 is 0 Å². The van der Waals surface area contributed by atoms with Crippen LogP contribution in [-0.2, 0) is 13.1 Å². The van der Waals surface area contributed by atoms with Gasteiger partial charge in [-0.25, -0.2) is 9.78 Å². The molecule has 0 fully saturated rings. The second-order valence-electron chi connectivity index (χ2n) is 6.28. The van der Waals surface area contributed by atoms with Crippen LogP contribution in [0.3, 0.4) is 0 Å². The quantitative estimate of drug-likeness (QED) is 0.499. The molecule has 0 aliphatic carbocycles. The molecule has 28 heavy (non-hydrogen) atoms. The Morgan fingerprint density at radius 2 is 1.61 bits per heavy atom. The zero-order chi connectivity index (χ0) is 19.5. The fourth-order valence-electron chi connectivity index (χ4n) is 3.06. The van der Waals surface area contributed by atoms with Crippen LogP contribution in [0.1, 0.15) is 15.9 Å². The molecule has 7 heteroatoms. The van der Waals surface area contributed by atoms with Gasteiger partial charge < -0.3 is 0 Å². The molecule has 7 nitrogen and oxygen atoms in total. The molecule has 0 bridgehead atoms. The normalized spacial score (nSPS) is 10.9. The van der Waals surface area contributed by atoms with Gasteiger partial charge in [0.15, 0.2) is 11.3 Å². The van der Waals surface area contributed by atoms with Gasteiger partial charge in [0.1, 0.15) is 0 Å². The second kappa shape index (κ2) is 7.40. The van der Waals surface area contributed by atoms with E-state index in [0.29, 0.717) is 11.1 Å². The molecule has 0 N–H and O–H groups in total. The number of nitrogens with zero attached hydrogens (tertiary/aromatic N) is 4. The summed E-state index contributed by atoms with van der Waals surface area (Å²) in [5.41, 5.74) is 0.709. The third-order valence-electron chi connectivity index (χ3n) is 4.47. The fraction of sp³-hybridized carbons (Fsp3) is 0.0952. The van der Waals surface area contributed by atoms with E-state index in [1.165, 1.54) is 10.8 Å². The SMILES string of the molecule is O=C(Cn1c(=O)n(Cc2ccncc2)c(=O)c2ncccc21)c1ccccc1. The number of benzene rings is 1. The number of hydrogen-bond donors (Lipinski definition) is 0. The summed E-state index contributed by atoms with van der Waals surface area (Å²) in [6.45, 7) is -0.103. The van der Waals surface area contributed by atoms with Gasteiger partial charge in [-0.1, -0.05) is 30.3 Å². The molecule has 0 amide bonds. The highest BCUT2D eigenvalue weighted by Gasteiger charge is 2.17. The van der Waals surface area contributed by atoms with Crippen molar-refractivity contribution in [3.05, 3.63) is 105 Å². The third kappa shape index (κ3) is 3.25. The van der Waals surface area contributed by atoms with Gasteiger partial charge in [-0.15, -0.1) is 0 Å². The minimum atomic E-state index is -0.549. The van der Waals surface area contributed by atoms with E-state index in [9.17, 15) is 14.4 Å². The smallest absolute Gasteiger partial charge is 0.292 e. The summed E-state index contributed by atoms with van der Waals surface area (Å²) < 4.78 is 2.41. The Kier molecular flexibility index (Phi) is 4.63. The predicted molar refractivity (Wildman–Crippen MR) is 104 cm³/mol. The number of rotatable bonds is 5. The van der Waals surface area contributed by atoms with Crippen LogP contribution >= 0.6 is 0 Å². The number of carbonyl (C=O) groups excluding carboxylic acids is 1. The van der Waals surface area contributed by atoms with Gasteiger partial charge in [0.2, 0.25) is 0 Å². The number of hydrogen-bond acceptors (Lipinski definition) is 5. The topological polar surface area (TPSA) is 86.9 Å². The Morgan fingerprint density at radius 3 is 2.36 bits per heavy atom. The molecule has 0 spiro atoms. The van der Waals surface area contributed by atoms with E-state index in [0.717, 1.165) is 10.1 Å². The van der Waals surface area contributed by atoms with Gasteiger partial charge in [0.05, 0.1) is 18.6 Å². The summed E-state index contributed by atoms with van der Waals surface area (Å²) in [6, 6.07) is 15.5. The van der Waals surface area contributed by atoms with Gasteiger partial charge >= 0.3 is 5.69 Å². The van der Waals surface area contributed by atoms with Crippen LogP contribution in [-0.4, -0.2) is 24.9 Å². The van der Waals surface area contributed by atoms with Crippen LogP contribution in [0.4, 0.5) is 0 Å². The minimum Gasteiger partial charge on any atom is -0.292 e. The maximum atomic E-state index is 13.1. The van der Waals surface area contributed by atoms with Gasteiger partial charge in [0.25, 0.3) is 5.56 Å². The first-order valence-corrected chi connectivity index (χ1v) is 8.70. The standard InChI is InChI=1S/C21H16N4O3/c26-18(16-5-2-1-3-6-16)14-24-17-7-4-10-23-19(17)20(27)25(21(24)28)13-15-8-11-22-12-9-15/h1-12H,13-14H2. The number of Topliss-reactive ketones (excluding diaryl/α,β-unsaturated/α-hetero) is 1. The lowest BCUT2D eigenvalue weighted by Crippen LogP contribution is -2.41. The molecule has 0 radical (unpaired) electrons. The molecule has 0 saturated carbocycles. The first-order valence-electron chi connectivity index (χ1n) is 8.70. The van der Waals surface area contributed by atoms with Crippen molar-refractivity contribution >= 4 is 16.8 Å². The molecule has 4 aromatic rings. The van der Waals surface area contributed by atoms with Crippen molar-refractivity contribution in [1.82, 2.24) is 19.1 Å². The zero-order valence-electron chi connectivity index (χ0n) is 14.9. The van der Waals surface area contributed by atoms with Crippen molar-refractivity contribution in [3.63, 3.8) is 0 Å². The Bertz CT molecular complexity index is 1260. The molecule has 0 atom stereocenters. The molecular weight excluding hydrogens is 356 g/mol. The molecule has 0 aliphatic heterocycles. The zero-order valence-corrected chi connectivity index (χ0v) is 14.9. The van der Waals surface area contributed by atoms with Crippen molar-refractivity contribution in [2.45, 2.75) is 13.1 Å². The number of aromatic nitrogens is 4. The van der Waals surface area contributed by atoms with Crippen molar-refractivity contribution in [3.8, 4) is 0 Å². The molecule has 3 heterocycles. The van der Waals surface area contributed by atoms with Crippen LogP contribution < -0.4 is 11.2 Å². The Morgan fingerprint density at radius 1 is 0.857 bits per heavy atom. The lowest BCUT2D eigenvalue weighted by Gasteiger charge is -2.13. The average Bonchev–Trinajstić information content (AvgIpc) is 2.75. The summed E-state index contributed by atoms with van der Waals surface area (Å²) in [4.78, 5) is 46.7. The number of pyridine rings is 2. The third-order valence-corrected chi connectivity index (χ3v) is 4.47. The number of fused-ring (bicyclic) bond motifs is 1. The Hall–Kier alpha value is -3.87. The summed E-state index contributed by atoms with van der Waals surface area (Å²) in [6.07, 6.45) is 4.68. The van der Waals surface area contributed by atoms with Crippen LogP contribution in [0.15, 0.2) is 82.8 Å². The van der Waals surface area contributed by atoms with Crippen molar-refractivity contribution in [2.24, 2.45) is 0 Å².